The molecule has 3 rings (SSSR count). The second-order valence-corrected chi connectivity index (χ2v) is 6.06. The molecule has 1 aromatic carbocycles. The van der Waals surface area contributed by atoms with Crippen molar-refractivity contribution in [2.75, 3.05) is 12.0 Å². The summed E-state index contributed by atoms with van der Waals surface area (Å²) in [4.78, 5) is 14.8. The van der Waals surface area contributed by atoms with Crippen LogP contribution < -0.4 is 11.3 Å². The Morgan fingerprint density at radius 1 is 1.24 bits per heavy atom. The van der Waals surface area contributed by atoms with Gasteiger partial charge in [0.25, 0.3) is 5.91 Å². The van der Waals surface area contributed by atoms with Gasteiger partial charge in [0.05, 0.1) is 11.3 Å². The fraction of sp³-hybridized carbons (Fsp3) is 0.562. The molecule has 1 saturated heterocycles. The lowest BCUT2D eigenvalue weighted by atomic mass is 9.78. The van der Waals surface area contributed by atoms with Crippen LogP contribution in [0.25, 0.3) is 0 Å². The number of hydrazine groups is 1. The van der Waals surface area contributed by atoms with E-state index in [2.05, 4.69) is 5.43 Å². The van der Waals surface area contributed by atoms with Gasteiger partial charge in [-0.2, -0.15) is 0 Å². The van der Waals surface area contributed by atoms with Gasteiger partial charge >= 0.3 is 0 Å². The molecule has 3 N–H and O–H groups in total. The second kappa shape index (κ2) is 6.02. The minimum absolute atomic E-state index is 0.0976. The number of anilines is 1. The van der Waals surface area contributed by atoms with Crippen LogP contribution in [-0.4, -0.2) is 23.4 Å². The molecule has 1 amide bonds. The first-order valence-corrected chi connectivity index (χ1v) is 7.78. The molecule has 1 heterocycles. The fourth-order valence-corrected chi connectivity index (χ4v) is 3.88. The molecule has 1 aliphatic heterocycles. The summed E-state index contributed by atoms with van der Waals surface area (Å²) in [6, 6.07) is 4.83. The number of carbonyl (C=O) groups is 1. The van der Waals surface area contributed by atoms with Gasteiger partial charge in [-0.25, -0.2) is 4.39 Å². The van der Waals surface area contributed by atoms with E-state index in [4.69, 9.17) is 5.84 Å². The summed E-state index contributed by atoms with van der Waals surface area (Å²) in [6.45, 7) is 0.764. The van der Waals surface area contributed by atoms with Gasteiger partial charge in [0, 0.05) is 12.6 Å². The zero-order valence-electron chi connectivity index (χ0n) is 12.1. The molecular weight excluding hydrogens is 269 g/mol. The minimum atomic E-state index is -0.486. The van der Waals surface area contributed by atoms with Crippen LogP contribution in [0, 0.1) is 11.7 Å². The maximum Gasteiger partial charge on any atom is 0.256 e. The first-order valence-electron chi connectivity index (χ1n) is 7.78. The molecule has 0 bridgehead atoms. The molecule has 1 aromatic rings. The van der Waals surface area contributed by atoms with Crippen molar-refractivity contribution in [1.82, 2.24) is 4.90 Å². The first-order chi connectivity index (χ1) is 10.2. The van der Waals surface area contributed by atoms with E-state index in [-0.39, 0.29) is 11.6 Å². The zero-order chi connectivity index (χ0) is 14.8. The molecule has 5 heteroatoms. The summed E-state index contributed by atoms with van der Waals surface area (Å²) in [5.41, 5.74) is 2.77. The van der Waals surface area contributed by atoms with Crippen molar-refractivity contribution in [3.8, 4) is 0 Å². The Balaban J connectivity index is 1.89. The smallest absolute Gasteiger partial charge is 0.256 e. The molecule has 1 aliphatic carbocycles. The maximum atomic E-state index is 13.8. The van der Waals surface area contributed by atoms with Crippen LogP contribution in [0.4, 0.5) is 10.1 Å². The number of nitrogens with two attached hydrogens (primary N) is 1. The van der Waals surface area contributed by atoms with Crippen LogP contribution >= 0.6 is 0 Å². The van der Waals surface area contributed by atoms with E-state index in [0.717, 1.165) is 19.4 Å². The van der Waals surface area contributed by atoms with Gasteiger partial charge < -0.3 is 10.3 Å². The van der Waals surface area contributed by atoms with E-state index in [0.29, 0.717) is 17.5 Å². The van der Waals surface area contributed by atoms with Crippen molar-refractivity contribution >= 4 is 11.6 Å². The second-order valence-electron chi connectivity index (χ2n) is 6.06. The number of nitrogens with one attached hydrogen (secondary N) is 1. The highest BCUT2D eigenvalue weighted by atomic mass is 19.1. The number of nitrogens with zero attached hydrogens (tertiary/aromatic N) is 1. The summed E-state index contributed by atoms with van der Waals surface area (Å²) in [5, 5.41) is 0. The molecule has 0 spiro atoms. The monoisotopic (exact) mass is 291 g/mol. The molecule has 2 atom stereocenters. The molecule has 2 aliphatic rings. The average Bonchev–Trinajstić information content (AvgIpc) is 2.53. The van der Waals surface area contributed by atoms with E-state index in [9.17, 15) is 9.18 Å². The summed E-state index contributed by atoms with van der Waals surface area (Å²) < 4.78 is 13.8. The van der Waals surface area contributed by atoms with Crippen molar-refractivity contribution in [2.24, 2.45) is 11.8 Å². The Hall–Kier alpha value is -1.62. The van der Waals surface area contributed by atoms with Crippen LogP contribution in [0.3, 0.4) is 0 Å². The average molecular weight is 291 g/mol. The zero-order valence-corrected chi connectivity index (χ0v) is 12.1. The Labute approximate surface area is 124 Å². The van der Waals surface area contributed by atoms with Crippen LogP contribution in [0.2, 0.25) is 0 Å². The minimum Gasteiger partial charge on any atom is -0.335 e. The molecule has 0 radical (unpaired) electrons. The van der Waals surface area contributed by atoms with Crippen molar-refractivity contribution in [3.63, 3.8) is 0 Å². The third kappa shape index (κ3) is 2.62. The number of rotatable bonds is 2. The van der Waals surface area contributed by atoms with Crippen LogP contribution in [0.1, 0.15) is 48.9 Å². The Morgan fingerprint density at radius 3 is 2.81 bits per heavy atom. The van der Waals surface area contributed by atoms with Gasteiger partial charge in [0.15, 0.2) is 0 Å². The molecule has 21 heavy (non-hydrogen) atoms. The molecule has 2 fully saturated rings. The first kappa shape index (κ1) is 14.3. The van der Waals surface area contributed by atoms with E-state index < -0.39 is 5.82 Å². The summed E-state index contributed by atoms with van der Waals surface area (Å²) in [6.07, 6.45) is 6.96. The van der Waals surface area contributed by atoms with E-state index >= 15 is 0 Å². The maximum absolute atomic E-state index is 13.8. The number of benzene rings is 1. The van der Waals surface area contributed by atoms with Crippen molar-refractivity contribution in [3.05, 3.63) is 29.6 Å². The number of halogens is 1. The fourth-order valence-electron chi connectivity index (χ4n) is 3.88. The third-order valence-electron chi connectivity index (χ3n) is 4.89. The number of hydrogen-bond donors (Lipinski definition) is 2. The SMILES string of the molecule is NNc1c(F)cccc1C(=O)N1CCC[C@H]2CCCC[C@H]21. The highest BCUT2D eigenvalue weighted by molar-refractivity contribution is 5.99. The lowest BCUT2D eigenvalue weighted by Gasteiger charge is -2.44. The number of nitrogen functional groups attached to an aromatic ring is 1. The van der Waals surface area contributed by atoms with Gasteiger partial charge in [-0.3, -0.25) is 10.6 Å². The summed E-state index contributed by atoms with van der Waals surface area (Å²) in [5.74, 6) is 5.42. The van der Waals surface area contributed by atoms with Crippen molar-refractivity contribution in [2.45, 2.75) is 44.6 Å². The van der Waals surface area contributed by atoms with E-state index in [1.807, 2.05) is 4.90 Å². The van der Waals surface area contributed by atoms with Crippen LogP contribution in [0.5, 0.6) is 0 Å². The number of piperidine rings is 1. The molecule has 114 valence electrons. The van der Waals surface area contributed by atoms with Gasteiger partial charge in [0.2, 0.25) is 0 Å². The number of likely N-dealkylation sites (tertiary alicyclic amines) is 1. The Bertz CT molecular complexity index is 532. The standard InChI is InChI=1S/C16H22FN3O/c17-13-8-3-7-12(15(13)19-18)16(21)20-10-4-6-11-5-1-2-9-14(11)20/h3,7-8,11,14,19H,1-2,4-6,9-10,18H2/t11-,14-/m1/s1. The van der Waals surface area contributed by atoms with Gasteiger partial charge in [-0.1, -0.05) is 18.9 Å². The van der Waals surface area contributed by atoms with Gasteiger partial charge in [0.1, 0.15) is 5.82 Å². The van der Waals surface area contributed by atoms with Gasteiger partial charge in [-0.05, 0) is 43.7 Å². The number of hydrogen-bond acceptors (Lipinski definition) is 3. The van der Waals surface area contributed by atoms with E-state index in [1.165, 1.54) is 31.7 Å². The molecular formula is C16H22FN3O. The molecule has 4 nitrogen and oxygen atoms in total. The summed E-state index contributed by atoms with van der Waals surface area (Å²) >= 11 is 0. The number of fused-ring (bicyclic) bond motifs is 1. The Kier molecular flexibility index (Phi) is 4.10. The largest absolute Gasteiger partial charge is 0.335 e. The highest BCUT2D eigenvalue weighted by Crippen LogP contribution is 2.36. The topological polar surface area (TPSA) is 58.4 Å². The van der Waals surface area contributed by atoms with Crippen LogP contribution in [0.15, 0.2) is 18.2 Å². The van der Waals surface area contributed by atoms with Gasteiger partial charge in [-0.15, -0.1) is 0 Å². The van der Waals surface area contributed by atoms with E-state index in [1.54, 1.807) is 12.1 Å². The quantitative estimate of drug-likeness (QED) is 0.650. The van der Waals surface area contributed by atoms with Crippen molar-refractivity contribution < 1.29 is 9.18 Å². The van der Waals surface area contributed by atoms with Crippen LogP contribution in [-0.2, 0) is 0 Å². The lowest BCUT2D eigenvalue weighted by Crippen LogP contribution is -2.49. The predicted molar refractivity (Wildman–Crippen MR) is 80.2 cm³/mol. The number of amides is 1. The highest BCUT2D eigenvalue weighted by Gasteiger charge is 2.36. The normalized spacial score (nSPS) is 25.3. The lowest BCUT2D eigenvalue weighted by molar-refractivity contribution is 0.0391. The molecule has 0 aromatic heterocycles. The third-order valence-corrected chi connectivity index (χ3v) is 4.89. The molecule has 0 unspecified atom stereocenters. The van der Waals surface area contributed by atoms with Crippen molar-refractivity contribution in [1.29, 1.82) is 0 Å². The number of para-hydroxylation sites is 1. The predicted octanol–water partition coefficient (Wildman–Crippen LogP) is 2.91. The Morgan fingerprint density at radius 2 is 2.00 bits per heavy atom. The summed E-state index contributed by atoms with van der Waals surface area (Å²) in [7, 11) is 0. The molecule has 1 saturated carbocycles. The number of carbonyl (C=O) groups excluding carboxylic acids is 1.